The highest BCUT2D eigenvalue weighted by atomic mass is 79.9. The molecule has 0 N–H and O–H groups in total. The number of halogens is 1. The third-order valence-corrected chi connectivity index (χ3v) is 4.87. The van der Waals surface area contributed by atoms with Crippen LogP contribution >= 0.6 is 27.3 Å². The topological polar surface area (TPSA) is 20.3 Å². The minimum Gasteiger partial charge on any atom is -0.338 e. The Morgan fingerprint density at radius 2 is 2.33 bits per heavy atom. The van der Waals surface area contributed by atoms with Crippen molar-refractivity contribution >= 4 is 33.2 Å². The van der Waals surface area contributed by atoms with Crippen molar-refractivity contribution in [1.82, 2.24) is 4.90 Å². The molecule has 0 spiro atoms. The number of hydrogen-bond donors (Lipinski definition) is 0. The summed E-state index contributed by atoms with van der Waals surface area (Å²) in [6, 6.07) is 2.29. The molecular weight excluding hydrogens is 274 g/mol. The molecule has 1 saturated carbocycles. The van der Waals surface area contributed by atoms with Crippen LogP contribution in [0.2, 0.25) is 0 Å². The van der Waals surface area contributed by atoms with Gasteiger partial charge in [0.2, 0.25) is 0 Å². The highest BCUT2D eigenvalue weighted by Gasteiger charge is 2.33. The monoisotopic (exact) mass is 287 g/mol. The summed E-state index contributed by atoms with van der Waals surface area (Å²) in [7, 11) is 1.90. The predicted molar refractivity (Wildman–Crippen MR) is 66.3 cm³/mol. The molecule has 0 radical (unpaired) electrons. The molecule has 82 valence electrons. The van der Waals surface area contributed by atoms with Crippen LogP contribution in [0.4, 0.5) is 0 Å². The van der Waals surface area contributed by atoms with Crippen LogP contribution in [0.15, 0.2) is 15.9 Å². The quantitative estimate of drug-likeness (QED) is 0.835. The minimum atomic E-state index is 0.135. The van der Waals surface area contributed by atoms with Gasteiger partial charge in [-0.2, -0.15) is 0 Å². The van der Waals surface area contributed by atoms with Crippen LogP contribution in [0.5, 0.6) is 0 Å². The average molecular weight is 288 g/mol. The summed E-state index contributed by atoms with van der Waals surface area (Å²) in [6.45, 7) is 2.14. The van der Waals surface area contributed by atoms with Crippen molar-refractivity contribution in [2.75, 3.05) is 7.05 Å². The molecular formula is C11H14BrNOS. The number of hydrogen-bond acceptors (Lipinski definition) is 2. The molecule has 1 heterocycles. The first-order valence-corrected chi connectivity index (χ1v) is 6.78. The molecule has 2 rings (SSSR count). The zero-order valence-corrected chi connectivity index (χ0v) is 11.3. The number of thiophene rings is 1. The van der Waals surface area contributed by atoms with Gasteiger partial charge in [0.25, 0.3) is 5.91 Å². The first-order valence-electron chi connectivity index (χ1n) is 5.11. The number of carbonyl (C=O) groups is 1. The van der Waals surface area contributed by atoms with E-state index in [-0.39, 0.29) is 5.91 Å². The number of amides is 1. The molecule has 2 nitrogen and oxygen atoms in total. The molecule has 1 aliphatic carbocycles. The van der Waals surface area contributed by atoms with Gasteiger partial charge in [-0.15, -0.1) is 11.3 Å². The molecule has 1 unspecified atom stereocenters. The molecule has 1 aliphatic rings. The molecule has 1 aromatic rings. The fraction of sp³-hybridized carbons (Fsp3) is 0.545. The zero-order chi connectivity index (χ0) is 11.0. The highest BCUT2D eigenvalue weighted by molar-refractivity contribution is 9.10. The van der Waals surface area contributed by atoms with E-state index >= 15 is 0 Å². The van der Waals surface area contributed by atoms with Crippen LogP contribution in [0, 0.1) is 5.92 Å². The molecule has 1 atom stereocenters. The van der Waals surface area contributed by atoms with Gasteiger partial charge in [-0.1, -0.05) is 0 Å². The fourth-order valence-electron chi connectivity index (χ4n) is 1.69. The van der Waals surface area contributed by atoms with Crippen LogP contribution in [0.1, 0.15) is 29.4 Å². The summed E-state index contributed by atoms with van der Waals surface area (Å²) in [5.74, 6) is 0.856. The Balaban J connectivity index is 2.10. The molecule has 4 heteroatoms. The van der Waals surface area contributed by atoms with Gasteiger partial charge in [-0.25, -0.2) is 0 Å². The molecule has 0 aliphatic heterocycles. The lowest BCUT2D eigenvalue weighted by Gasteiger charge is -2.24. The van der Waals surface area contributed by atoms with Crippen molar-refractivity contribution in [2.45, 2.75) is 25.8 Å². The second-order valence-electron chi connectivity index (χ2n) is 4.09. The van der Waals surface area contributed by atoms with Gasteiger partial charge < -0.3 is 4.90 Å². The summed E-state index contributed by atoms with van der Waals surface area (Å²) >= 11 is 4.90. The van der Waals surface area contributed by atoms with Crippen LogP contribution in [-0.4, -0.2) is 23.9 Å². The van der Waals surface area contributed by atoms with E-state index in [1.165, 1.54) is 24.2 Å². The zero-order valence-electron chi connectivity index (χ0n) is 8.87. The van der Waals surface area contributed by atoms with E-state index in [0.29, 0.717) is 6.04 Å². The molecule has 1 amide bonds. The van der Waals surface area contributed by atoms with Crippen molar-refractivity contribution < 1.29 is 4.79 Å². The van der Waals surface area contributed by atoms with E-state index in [1.807, 2.05) is 23.4 Å². The molecule has 1 fully saturated rings. The minimum absolute atomic E-state index is 0.135. The predicted octanol–water partition coefficient (Wildman–Crippen LogP) is 3.38. The Morgan fingerprint density at radius 1 is 1.67 bits per heavy atom. The average Bonchev–Trinajstić information content (AvgIpc) is 2.98. The van der Waals surface area contributed by atoms with Crippen molar-refractivity contribution in [3.63, 3.8) is 0 Å². The molecule has 15 heavy (non-hydrogen) atoms. The first kappa shape index (κ1) is 11.1. The molecule has 0 bridgehead atoms. The highest BCUT2D eigenvalue weighted by Crippen LogP contribution is 2.35. The summed E-state index contributed by atoms with van der Waals surface area (Å²) in [5, 5.41) is 1.94. The van der Waals surface area contributed by atoms with E-state index in [0.717, 1.165) is 15.3 Å². The van der Waals surface area contributed by atoms with Crippen LogP contribution in [0.3, 0.4) is 0 Å². The Kier molecular flexibility index (Phi) is 3.16. The first-order chi connectivity index (χ1) is 7.11. The largest absolute Gasteiger partial charge is 0.338 e. The summed E-state index contributed by atoms with van der Waals surface area (Å²) in [6.07, 6.45) is 2.54. The summed E-state index contributed by atoms with van der Waals surface area (Å²) < 4.78 is 0.910. The second-order valence-corrected chi connectivity index (χ2v) is 5.86. The van der Waals surface area contributed by atoms with Crippen molar-refractivity contribution in [2.24, 2.45) is 5.92 Å². The Bertz CT molecular complexity index is 372. The molecule has 1 aromatic heterocycles. The van der Waals surface area contributed by atoms with Gasteiger partial charge in [0.1, 0.15) is 4.88 Å². The van der Waals surface area contributed by atoms with Gasteiger partial charge in [0, 0.05) is 17.6 Å². The lowest BCUT2D eigenvalue weighted by molar-refractivity contribution is 0.0731. The Labute approximate surface area is 102 Å². The SMILES string of the molecule is CC(C1CC1)N(C)C(=O)c1sccc1Br. The van der Waals surface area contributed by atoms with Gasteiger partial charge in [-0.05, 0) is 53.1 Å². The second kappa shape index (κ2) is 4.26. The van der Waals surface area contributed by atoms with Gasteiger partial charge in [-0.3, -0.25) is 4.79 Å². The molecule has 0 aromatic carbocycles. The maximum absolute atomic E-state index is 12.1. The smallest absolute Gasteiger partial charge is 0.265 e. The molecule has 0 saturated heterocycles. The van der Waals surface area contributed by atoms with Gasteiger partial charge >= 0.3 is 0 Å². The maximum atomic E-state index is 12.1. The Hall–Kier alpha value is -0.350. The summed E-state index contributed by atoms with van der Waals surface area (Å²) in [4.78, 5) is 14.8. The van der Waals surface area contributed by atoms with E-state index in [2.05, 4.69) is 22.9 Å². The fourth-order valence-corrected chi connectivity index (χ4v) is 3.21. The lowest BCUT2D eigenvalue weighted by atomic mass is 10.2. The summed E-state index contributed by atoms with van der Waals surface area (Å²) in [5.41, 5.74) is 0. The van der Waals surface area contributed by atoms with Crippen LogP contribution in [0.25, 0.3) is 0 Å². The van der Waals surface area contributed by atoms with Crippen molar-refractivity contribution in [1.29, 1.82) is 0 Å². The van der Waals surface area contributed by atoms with E-state index in [4.69, 9.17) is 0 Å². The normalized spacial score (nSPS) is 17.5. The van der Waals surface area contributed by atoms with E-state index < -0.39 is 0 Å². The maximum Gasteiger partial charge on any atom is 0.265 e. The van der Waals surface area contributed by atoms with Gasteiger partial charge in [0.15, 0.2) is 0 Å². The van der Waals surface area contributed by atoms with E-state index in [9.17, 15) is 4.79 Å². The van der Waals surface area contributed by atoms with Crippen LogP contribution < -0.4 is 0 Å². The van der Waals surface area contributed by atoms with E-state index in [1.54, 1.807) is 0 Å². The van der Waals surface area contributed by atoms with Crippen molar-refractivity contribution in [3.05, 3.63) is 20.8 Å². The third-order valence-electron chi connectivity index (χ3n) is 3.05. The number of nitrogens with zero attached hydrogens (tertiary/aromatic N) is 1. The third kappa shape index (κ3) is 2.26. The van der Waals surface area contributed by atoms with Gasteiger partial charge in [0.05, 0.1) is 0 Å². The van der Waals surface area contributed by atoms with Crippen LogP contribution in [-0.2, 0) is 0 Å². The Morgan fingerprint density at radius 3 is 2.80 bits per heavy atom. The number of rotatable bonds is 3. The standard InChI is InChI=1S/C11H14BrNOS/c1-7(8-3-4-8)13(2)11(14)10-9(12)5-6-15-10/h5-8H,3-4H2,1-2H3. The van der Waals surface area contributed by atoms with Crippen molar-refractivity contribution in [3.8, 4) is 0 Å². The number of carbonyl (C=O) groups excluding carboxylic acids is 1. The lowest BCUT2D eigenvalue weighted by Crippen LogP contribution is -2.36.